The first kappa shape index (κ1) is 19.9. The van der Waals surface area contributed by atoms with Gasteiger partial charge in [-0.15, -0.1) is 10.2 Å². The fourth-order valence-electron chi connectivity index (χ4n) is 3.21. The molecule has 0 spiro atoms. The molecule has 1 saturated heterocycles. The molecular formula is C19H19Cl2N5O3. The summed E-state index contributed by atoms with van der Waals surface area (Å²) >= 11 is 12.2. The number of nitrogens with zero attached hydrogens (tertiary/aromatic N) is 5. The third-order valence-corrected chi connectivity index (χ3v) is 5.38. The predicted octanol–water partition coefficient (Wildman–Crippen LogP) is 3.62. The topological polar surface area (TPSA) is 97.4 Å². The summed E-state index contributed by atoms with van der Waals surface area (Å²) in [6, 6.07) is 8.83. The van der Waals surface area contributed by atoms with Crippen LogP contribution in [0.3, 0.4) is 0 Å². The summed E-state index contributed by atoms with van der Waals surface area (Å²) in [5, 5.41) is 22.3. The Morgan fingerprint density at radius 3 is 2.83 bits per heavy atom. The van der Waals surface area contributed by atoms with Gasteiger partial charge in [-0.2, -0.15) is 4.98 Å². The van der Waals surface area contributed by atoms with Crippen molar-refractivity contribution in [3.05, 3.63) is 46.2 Å². The average molecular weight is 436 g/mol. The highest BCUT2D eigenvalue weighted by molar-refractivity contribution is 6.34. The molecule has 1 fully saturated rings. The number of benzene rings is 1. The highest BCUT2D eigenvalue weighted by Crippen LogP contribution is 2.35. The normalized spacial score (nSPS) is 19.0. The van der Waals surface area contributed by atoms with Gasteiger partial charge in [-0.25, -0.2) is 0 Å². The molecule has 0 amide bonds. The van der Waals surface area contributed by atoms with Crippen LogP contribution < -0.4 is 9.64 Å². The van der Waals surface area contributed by atoms with Crippen LogP contribution in [0, 0.1) is 5.41 Å². The zero-order valence-corrected chi connectivity index (χ0v) is 17.2. The van der Waals surface area contributed by atoms with Gasteiger partial charge in [0, 0.05) is 29.6 Å². The second kappa shape index (κ2) is 8.14. The van der Waals surface area contributed by atoms with Crippen LogP contribution in [0.2, 0.25) is 10.0 Å². The molecule has 8 nitrogen and oxygen atoms in total. The molecule has 2 aromatic heterocycles. The molecule has 0 radical (unpaired) electrons. The Balaban J connectivity index is 1.40. The maximum atomic E-state index is 9.03. The lowest BCUT2D eigenvalue weighted by Crippen LogP contribution is -2.30. The Bertz CT molecular complexity index is 998. The minimum atomic E-state index is -0.288. The number of hydrogen-bond donors (Lipinski definition) is 1. The van der Waals surface area contributed by atoms with Crippen LogP contribution in [0.15, 0.2) is 34.9 Å². The molecule has 3 heterocycles. The first-order valence-electron chi connectivity index (χ1n) is 9.06. The lowest BCUT2D eigenvalue weighted by Gasteiger charge is -2.25. The van der Waals surface area contributed by atoms with E-state index in [-0.39, 0.29) is 23.7 Å². The van der Waals surface area contributed by atoms with Crippen molar-refractivity contribution in [3.63, 3.8) is 0 Å². The molecule has 1 atom stereocenters. The van der Waals surface area contributed by atoms with E-state index in [4.69, 9.17) is 37.6 Å². The zero-order chi connectivity index (χ0) is 20.4. The summed E-state index contributed by atoms with van der Waals surface area (Å²) in [4.78, 5) is 6.19. The quantitative estimate of drug-likeness (QED) is 0.626. The molecule has 3 aromatic rings. The molecule has 1 unspecified atom stereocenters. The third kappa shape index (κ3) is 4.44. The molecule has 10 heteroatoms. The summed E-state index contributed by atoms with van der Waals surface area (Å²) in [5.74, 6) is 1.79. The summed E-state index contributed by atoms with van der Waals surface area (Å²) in [6.45, 7) is 4.01. The molecule has 1 aliphatic rings. The fourth-order valence-corrected chi connectivity index (χ4v) is 3.54. The minimum absolute atomic E-state index is 0.0610. The molecular weight excluding hydrogens is 417 g/mol. The van der Waals surface area contributed by atoms with Gasteiger partial charge in [-0.1, -0.05) is 35.3 Å². The van der Waals surface area contributed by atoms with Crippen LogP contribution in [0.5, 0.6) is 5.75 Å². The highest BCUT2D eigenvalue weighted by Gasteiger charge is 2.35. The highest BCUT2D eigenvalue weighted by atomic mass is 35.5. The minimum Gasteiger partial charge on any atom is -0.491 e. The van der Waals surface area contributed by atoms with Crippen LogP contribution in [0.4, 0.5) is 5.82 Å². The Morgan fingerprint density at radius 1 is 1.24 bits per heavy atom. The van der Waals surface area contributed by atoms with Gasteiger partial charge in [0.2, 0.25) is 0 Å². The van der Waals surface area contributed by atoms with Crippen molar-refractivity contribution in [1.29, 1.82) is 0 Å². The molecule has 29 heavy (non-hydrogen) atoms. The summed E-state index contributed by atoms with van der Waals surface area (Å²) in [5.41, 5.74) is 0.399. The third-order valence-electron chi connectivity index (χ3n) is 4.83. The van der Waals surface area contributed by atoms with E-state index in [1.807, 2.05) is 6.07 Å². The number of aromatic nitrogens is 4. The number of hydrogen-bond acceptors (Lipinski definition) is 8. The largest absolute Gasteiger partial charge is 0.491 e. The number of halogens is 2. The van der Waals surface area contributed by atoms with Gasteiger partial charge in [0.15, 0.2) is 17.3 Å². The van der Waals surface area contributed by atoms with Crippen molar-refractivity contribution in [1.82, 2.24) is 20.3 Å². The molecule has 0 aliphatic carbocycles. The van der Waals surface area contributed by atoms with Gasteiger partial charge in [0.25, 0.3) is 5.89 Å². The van der Waals surface area contributed by atoms with Crippen molar-refractivity contribution in [2.75, 3.05) is 24.6 Å². The van der Waals surface area contributed by atoms with Crippen LogP contribution in [0.25, 0.3) is 11.6 Å². The van der Waals surface area contributed by atoms with Crippen molar-refractivity contribution >= 4 is 29.0 Å². The van der Waals surface area contributed by atoms with Crippen LogP contribution >= 0.6 is 23.2 Å². The standard InChI is InChI=1S/C19H19Cl2N5O3/c1-19(11-28-15-8-12(20)2-3-13(15)21)6-7-26(10-19)17-5-4-14(23-24-17)18-22-16(9-27)25-29-18/h2-5,8,27H,6-7,9-11H2,1H3. The number of ether oxygens (including phenoxy) is 1. The predicted molar refractivity (Wildman–Crippen MR) is 108 cm³/mol. The SMILES string of the molecule is CC1(COc2cc(Cl)ccc2Cl)CCN(c2ccc(-c3nc(CO)no3)nn2)C1. The summed E-state index contributed by atoms with van der Waals surface area (Å²) < 4.78 is 11.0. The van der Waals surface area contributed by atoms with E-state index in [1.54, 1.807) is 24.3 Å². The zero-order valence-electron chi connectivity index (χ0n) is 15.7. The van der Waals surface area contributed by atoms with E-state index in [0.717, 1.165) is 25.3 Å². The van der Waals surface area contributed by atoms with E-state index >= 15 is 0 Å². The summed E-state index contributed by atoms with van der Waals surface area (Å²) in [7, 11) is 0. The van der Waals surface area contributed by atoms with Gasteiger partial charge < -0.3 is 19.3 Å². The lowest BCUT2D eigenvalue weighted by atomic mass is 9.91. The van der Waals surface area contributed by atoms with Crippen LogP contribution in [-0.4, -0.2) is 45.1 Å². The molecule has 1 N–H and O–H groups in total. The van der Waals surface area contributed by atoms with Crippen molar-refractivity contribution < 1.29 is 14.4 Å². The van der Waals surface area contributed by atoms with E-state index < -0.39 is 0 Å². The van der Waals surface area contributed by atoms with Gasteiger partial charge in [-0.05, 0) is 30.7 Å². The number of anilines is 1. The van der Waals surface area contributed by atoms with Gasteiger partial charge >= 0.3 is 0 Å². The number of rotatable bonds is 6. The smallest absolute Gasteiger partial charge is 0.278 e. The molecule has 152 valence electrons. The molecule has 0 saturated carbocycles. The molecule has 0 bridgehead atoms. The maximum Gasteiger partial charge on any atom is 0.278 e. The second-order valence-corrected chi connectivity index (χ2v) is 8.14. The fraction of sp³-hybridized carbons (Fsp3) is 0.368. The van der Waals surface area contributed by atoms with Gasteiger partial charge in [-0.3, -0.25) is 0 Å². The van der Waals surface area contributed by atoms with Gasteiger partial charge in [0.05, 0.1) is 11.6 Å². The number of aliphatic hydroxyl groups is 1. The maximum absolute atomic E-state index is 9.03. The average Bonchev–Trinajstić information content (AvgIpc) is 3.36. The Hall–Kier alpha value is -2.42. The summed E-state index contributed by atoms with van der Waals surface area (Å²) in [6.07, 6.45) is 0.943. The van der Waals surface area contributed by atoms with E-state index in [2.05, 4.69) is 32.2 Å². The first-order valence-corrected chi connectivity index (χ1v) is 9.82. The first-order chi connectivity index (χ1) is 14.0. The van der Waals surface area contributed by atoms with Crippen LogP contribution in [0.1, 0.15) is 19.2 Å². The molecule has 1 aliphatic heterocycles. The van der Waals surface area contributed by atoms with Crippen molar-refractivity contribution in [2.24, 2.45) is 5.41 Å². The Kier molecular flexibility index (Phi) is 5.58. The Labute approximate surface area is 177 Å². The molecule has 1 aromatic carbocycles. The van der Waals surface area contributed by atoms with Crippen molar-refractivity contribution in [2.45, 2.75) is 20.0 Å². The van der Waals surface area contributed by atoms with E-state index in [1.165, 1.54) is 0 Å². The van der Waals surface area contributed by atoms with Crippen LogP contribution in [-0.2, 0) is 6.61 Å². The van der Waals surface area contributed by atoms with Gasteiger partial charge in [0.1, 0.15) is 12.4 Å². The lowest BCUT2D eigenvalue weighted by molar-refractivity contribution is 0.182. The number of aliphatic hydroxyl groups excluding tert-OH is 1. The Morgan fingerprint density at radius 2 is 2.10 bits per heavy atom. The van der Waals surface area contributed by atoms with E-state index in [9.17, 15) is 0 Å². The van der Waals surface area contributed by atoms with E-state index in [0.29, 0.717) is 28.1 Å². The van der Waals surface area contributed by atoms with Crippen molar-refractivity contribution in [3.8, 4) is 17.3 Å². The monoisotopic (exact) mass is 435 g/mol. The second-order valence-electron chi connectivity index (χ2n) is 7.30. The molecule has 4 rings (SSSR count).